The van der Waals surface area contributed by atoms with Crippen molar-refractivity contribution in [2.45, 2.75) is 12.5 Å². The van der Waals surface area contributed by atoms with Crippen LogP contribution in [0.3, 0.4) is 0 Å². The number of fused-ring (bicyclic) bond motifs is 1. The quantitative estimate of drug-likeness (QED) is 0.838. The average molecular weight is 217 g/mol. The number of rotatable bonds is 3. The molecule has 1 aromatic rings. The minimum Gasteiger partial charge on any atom is -0.480 e. The second kappa shape index (κ2) is 3.59. The Morgan fingerprint density at radius 3 is 2.81 bits per heavy atom. The van der Waals surface area contributed by atoms with Crippen molar-refractivity contribution in [3.05, 3.63) is 35.9 Å². The third-order valence-corrected chi connectivity index (χ3v) is 3.72. The molecular formula is C13H15NO2. The number of aliphatic carboxylic acids is 1. The number of carbonyl (C=O) groups is 1. The predicted octanol–water partition coefficient (Wildman–Crippen LogP) is 1.76. The zero-order valence-corrected chi connectivity index (χ0v) is 9.04. The van der Waals surface area contributed by atoms with Crippen LogP contribution in [-0.2, 0) is 4.79 Å². The highest BCUT2D eigenvalue weighted by molar-refractivity contribution is 5.69. The van der Waals surface area contributed by atoms with Crippen molar-refractivity contribution in [1.82, 2.24) is 4.90 Å². The second-order valence-electron chi connectivity index (χ2n) is 4.84. The molecule has 1 aromatic carbocycles. The molecule has 0 unspecified atom stereocenters. The van der Waals surface area contributed by atoms with Gasteiger partial charge in [-0.1, -0.05) is 30.3 Å². The van der Waals surface area contributed by atoms with Crippen LogP contribution >= 0.6 is 0 Å². The highest BCUT2D eigenvalue weighted by Crippen LogP contribution is 2.56. The fraction of sp³-hybridized carbons (Fsp3) is 0.462. The second-order valence-corrected chi connectivity index (χ2v) is 4.84. The van der Waals surface area contributed by atoms with Crippen LogP contribution in [0.15, 0.2) is 30.3 Å². The fourth-order valence-corrected chi connectivity index (χ4v) is 3.00. The lowest BCUT2D eigenvalue weighted by Crippen LogP contribution is -2.31. The molecule has 1 heterocycles. The summed E-state index contributed by atoms with van der Waals surface area (Å²) in [6, 6.07) is 10.6. The van der Waals surface area contributed by atoms with Gasteiger partial charge in [0.25, 0.3) is 0 Å². The van der Waals surface area contributed by atoms with Gasteiger partial charge in [-0.05, 0) is 23.8 Å². The number of carboxylic acid groups (broad SMARTS) is 1. The van der Waals surface area contributed by atoms with E-state index in [4.69, 9.17) is 5.11 Å². The Morgan fingerprint density at radius 2 is 2.12 bits per heavy atom. The summed E-state index contributed by atoms with van der Waals surface area (Å²) in [5, 5.41) is 8.90. The summed E-state index contributed by atoms with van der Waals surface area (Å²) in [6.45, 7) is 1.13. The zero-order chi connectivity index (χ0) is 11.1. The summed E-state index contributed by atoms with van der Waals surface area (Å²) >= 11 is 0. The van der Waals surface area contributed by atoms with Crippen molar-refractivity contribution in [2.75, 3.05) is 13.1 Å². The first-order valence-electron chi connectivity index (χ1n) is 5.76. The molecule has 84 valence electrons. The van der Waals surface area contributed by atoms with E-state index in [1.165, 1.54) is 12.0 Å². The minimum atomic E-state index is -0.720. The molecule has 3 heteroatoms. The monoisotopic (exact) mass is 217 g/mol. The molecule has 1 N–H and O–H groups in total. The van der Waals surface area contributed by atoms with Crippen molar-refractivity contribution < 1.29 is 9.90 Å². The van der Waals surface area contributed by atoms with Crippen LogP contribution in [0, 0.1) is 11.8 Å². The largest absolute Gasteiger partial charge is 0.480 e. The molecule has 16 heavy (non-hydrogen) atoms. The first-order valence-corrected chi connectivity index (χ1v) is 5.76. The Labute approximate surface area is 94.7 Å². The standard InChI is InChI=1S/C13H15NO2/c15-12(16)8-14-7-10-6-11(10)13(14)9-4-2-1-3-5-9/h1-5,10-11,13H,6-8H2,(H,15,16)/t10-,11-,13-/m0/s1. The van der Waals surface area contributed by atoms with Crippen LogP contribution in [0.2, 0.25) is 0 Å². The van der Waals surface area contributed by atoms with E-state index < -0.39 is 5.97 Å². The van der Waals surface area contributed by atoms with Crippen LogP contribution in [-0.4, -0.2) is 29.1 Å². The fourth-order valence-electron chi connectivity index (χ4n) is 3.00. The molecular weight excluding hydrogens is 202 g/mol. The smallest absolute Gasteiger partial charge is 0.317 e. The van der Waals surface area contributed by atoms with Gasteiger partial charge in [0, 0.05) is 12.6 Å². The molecule has 1 aliphatic heterocycles. The molecule has 3 nitrogen and oxygen atoms in total. The number of benzene rings is 1. The molecule has 0 amide bonds. The van der Waals surface area contributed by atoms with Gasteiger partial charge in [0.15, 0.2) is 0 Å². The molecule has 0 aromatic heterocycles. The molecule has 3 rings (SSSR count). The topological polar surface area (TPSA) is 40.5 Å². The van der Waals surface area contributed by atoms with Gasteiger partial charge in [0.05, 0.1) is 6.54 Å². The number of carboxylic acids is 1. The third kappa shape index (κ3) is 1.61. The Bertz CT molecular complexity index is 404. The van der Waals surface area contributed by atoms with E-state index in [1.807, 2.05) is 18.2 Å². The van der Waals surface area contributed by atoms with Gasteiger partial charge >= 0.3 is 5.97 Å². The van der Waals surface area contributed by atoms with Crippen molar-refractivity contribution in [2.24, 2.45) is 11.8 Å². The summed E-state index contributed by atoms with van der Waals surface area (Å²) < 4.78 is 0. The number of hydrogen-bond acceptors (Lipinski definition) is 2. The molecule has 1 saturated carbocycles. The van der Waals surface area contributed by atoms with E-state index in [0.717, 1.165) is 12.5 Å². The zero-order valence-electron chi connectivity index (χ0n) is 9.04. The summed E-state index contributed by atoms with van der Waals surface area (Å²) in [6.07, 6.45) is 1.27. The van der Waals surface area contributed by atoms with Gasteiger partial charge in [0.2, 0.25) is 0 Å². The van der Waals surface area contributed by atoms with Crippen LogP contribution in [0.5, 0.6) is 0 Å². The number of piperidine rings is 1. The van der Waals surface area contributed by atoms with Crippen molar-refractivity contribution in [1.29, 1.82) is 0 Å². The van der Waals surface area contributed by atoms with Gasteiger partial charge in [0.1, 0.15) is 0 Å². The molecule has 2 aliphatic rings. The Hall–Kier alpha value is -1.35. The van der Waals surface area contributed by atoms with Crippen LogP contribution in [0.1, 0.15) is 18.0 Å². The van der Waals surface area contributed by atoms with Crippen molar-refractivity contribution >= 4 is 5.97 Å². The Balaban J connectivity index is 1.84. The van der Waals surface area contributed by atoms with Crippen molar-refractivity contribution in [3.8, 4) is 0 Å². The maximum atomic E-state index is 10.8. The summed E-state index contributed by atoms with van der Waals surface area (Å²) in [5.41, 5.74) is 1.27. The first kappa shape index (κ1) is 9.85. The SMILES string of the molecule is O=C(O)CN1C[C@@H]2C[C@@H]2[C@@H]1c1ccccc1. The average Bonchev–Trinajstić information content (AvgIpc) is 2.91. The van der Waals surface area contributed by atoms with E-state index in [2.05, 4.69) is 17.0 Å². The first-order chi connectivity index (χ1) is 7.75. The van der Waals surface area contributed by atoms with Gasteiger partial charge in [-0.15, -0.1) is 0 Å². The maximum Gasteiger partial charge on any atom is 0.317 e. The highest BCUT2D eigenvalue weighted by atomic mass is 16.4. The van der Waals surface area contributed by atoms with Crippen LogP contribution < -0.4 is 0 Å². The van der Waals surface area contributed by atoms with E-state index in [0.29, 0.717) is 12.0 Å². The molecule has 2 fully saturated rings. The summed E-state index contributed by atoms with van der Waals surface area (Å²) in [7, 11) is 0. The predicted molar refractivity (Wildman–Crippen MR) is 60.0 cm³/mol. The lowest BCUT2D eigenvalue weighted by atomic mass is 10.0. The molecule has 0 bridgehead atoms. The van der Waals surface area contributed by atoms with Crippen LogP contribution in [0.25, 0.3) is 0 Å². The third-order valence-electron chi connectivity index (χ3n) is 3.72. The Morgan fingerprint density at radius 1 is 1.38 bits per heavy atom. The number of nitrogens with zero attached hydrogens (tertiary/aromatic N) is 1. The minimum absolute atomic E-state index is 0.173. The van der Waals surface area contributed by atoms with Gasteiger partial charge < -0.3 is 5.11 Å². The number of hydrogen-bond donors (Lipinski definition) is 1. The van der Waals surface area contributed by atoms with E-state index in [1.54, 1.807) is 0 Å². The maximum absolute atomic E-state index is 10.8. The van der Waals surface area contributed by atoms with Gasteiger partial charge in [-0.2, -0.15) is 0 Å². The van der Waals surface area contributed by atoms with E-state index >= 15 is 0 Å². The molecule has 0 spiro atoms. The lowest BCUT2D eigenvalue weighted by Gasteiger charge is -2.25. The molecule has 1 saturated heterocycles. The van der Waals surface area contributed by atoms with Gasteiger partial charge in [-0.3, -0.25) is 9.69 Å². The molecule has 1 aliphatic carbocycles. The van der Waals surface area contributed by atoms with E-state index in [-0.39, 0.29) is 6.54 Å². The highest BCUT2D eigenvalue weighted by Gasteiger charge is 2.52. The van der Waals surface area contributed by atoms with Gasteiger partial charge in [-0.25, -0.2) is 0 Å². The lowest BCUT2D eigenvalue weighted by molar-refractivity contribution is -0.138. The van der Waals surface area contributed by atoms with Crippen molar-refractivity contribution in [3.63, 3.8) is 0 Å². The summed E-state index contributed by atoms with van der Waals surface area (Å²) in [5.74, 6) is 0.716. The normalized spacial score (nSPS) is 32.4. The van der Waals surface area contributed by atoms with Crippen LogP contribution in [0.4, 0.5) is 0 Å². The Kier molecular flexibility index (Phi) is 2.21. The summed E-state index contributed by atoms with van der Waals surface area (Å²) in [4.78, 5) is 12.9. The van der Waals surface area contributed by atoms with E-state index in [9.17, 15) is 4.79 Å². The molecule has 0 radical (unpaired) electrons. The molecule has 3 atom stereocenters. The number of likely N-dealkylation sites (tertiary alicyclic amines) is 1.